The van der Waals surface area contributed by atoms with Gasteiger partial charge in [0.2, 0.25) is 5.91 Å². The summed E-state index contributed by atoms with van der Waals surface area (Å²) in [5.41, 5.74) is 8.54. The van der Waals surface area contributed by atoms with E-state index < -0.39 is 0 Å². The van der Waals surface area contributed by atoms with E-state index in [0.717, 1.165) is 16.8 Å². The predicted molar refractivity (Wildman–Crippen MR) is 71.8 cm³/mol. The van der Waals surface area contributed by atoms with Gasteiger partial charge in [-0.25, -0.2) is 0 Å². The smallest absolute Gasteiger partial charge is 0.224 e. The van der Waals surface area contributed by atoms with Crippen LogP contribution in [0.4, 0.5) is 5.69 Å². The highest BCUT2D eigenvalue weighted by atomic mass is 16.1. The van der Waals surface area contributed by atoms with Crippen LogP contribution in [-0.4, -0.2) is 5.91 Å². The molecule has 1 amide bonds. The molecule has 3 heteroatoms. The van der Waals surface area contributed by atoms with Crippen molar-refractivity contribution < 1.29 is 4.79 Å². The minimum absolute atomic E-state index is 0.00344. The summed E-state index contributed by atoms with van der Waals surface area (Å²) in [5.74, 6) is 0.0507. The fourth-order valence-electron chi connectivity index (χ4n) is 1.61. The molecule has 1 rings (SSSR count). The van der Waals surface area contributed by atoms with Gasteiger partial charge in [0, 0.05) is 18.7 Å². The number of aryl methyl sites for hydroxylation is 1. The quantitative estimate of drug-likeness (QED) is 0.845. The molecule has 0 aliphatic heterocycles. The number of anilines is 1. The molecular weight excluding hydrogens is 212 g/mol. The lowest BCUT2D eigenvalue weighted by Crippen LogP contribution is -2.20. The second-order valence-electron chi connectivity index (χ2n) is 5.64. The van der Waals surface area contributed by atoms with Gasteiger partial charge in [0.15, 0.2) is 0 Å². The average molecular weight is 234 g/mol. The summed E-state index contributed by atoms with van der Waals surface area (Å²) in [4.78, 5) is 11.8. The second kappa shape index (κ2) is 5.32. The van der Waals surface area contributed by atoms with Gasteiger partial charge in [0.05, 0.1) is 0 Å². The number of rotatable bonds is 3. The first kappa shape index (κ1) is 13.7. The highest BCUT2D eigenvalue weighted by molar-refractivity contribution is 5.91. The number of amides is 1. The molecule has 0 saturated heterocycles. The van der Waals surface area contributed by atoms with Gasteiger partial charge in [0.1, 0.15) is 0 Å². The normalized spacial score (nSPS) is 11.4. The van der Waals surface area contributed by atoms with Crippen molar-refractivity contribution in [1.29, 1.82) is 0 Å². The van der Waals surface area contributed by atoms with Crippen LogP contribution in [0.5, 0.6) is 0 Å². The monoisotopic (exact) mass is 234 g/mol. The summed E-state index contributed by atoms with van der Waals surface area (Å²) in [7, 11) is 0. The van der Waals surface area contributed by atoms with Gasteiger partial charge in [-0.1, -0.05) is 32.9 Å². The molecule has 0 heterocycles. The number of nitrogens with two attached hydrogens (primary N) is 1. The summed E-state index contributed by atoms with van der Waals surface area (Å²) >= 11 is 0. The summed E-state index contributed by atoms with van der Waals surface area (Å²) in [6.07, 6.45) is 0.513. The van der Waals surface area contributed by atoms with Crippen LogP contribution in [-0.2, 0) is 11.3 Å². The first-order valence-electron chi connectivity index (χ1n) is 5.91. The summed E-state index contributed by atoms with van der Waals surface area (Å²) in [6, 6.07) is 5.90. The van der Waals surface area contributed by atoms with Gasteiger partial charge in [-0.15, -0.1) is 0 Å². The Morgan fingerprint density at radius 3 is 2.53 bits per heavy atom. The number of carbonyl (C=O) groups excluding carboxylic acids is 1. The fraction of sp³-hybridized carbons (Fsp3) is 0.500. The topological polar surface area (TPSA) is 55.1 Å². The van der Waals surface area contributed by atoms with Gasteiger partial charge in [0.25, 0.3) is 0 Å². The van der Waals surface area contributed by atoms with Crippen LogP contribution >= 0.6 is 0 Å². The fourth-order valence-corrected chi connectivity index (χ4v) is 1.61. The maximum Gasteiger partial charge on any atom is 0.224 e. The molecule has 0 atom stereocenters. The summed E-state index contributed by atoms with van der Waals surface area (Å²) in [6.45, 7) is 8.62. The second-order valence-corrected chi connectivity index (χ2v) is 5.64. The van der Waals surface area contributed by atoms with Crippen molar-refractivity contribution in [2.24, 2.45) is 11.1 Å². The first-order valence-corrected chi connectivity index (χ1v) is 5.91. The van der Waals surface area contributed by atoms with Crippen molar-refractivity contribution in [2.75, 3.05) is 5.32 Å². The Kier molecular flexibility index (Phi) is 4.29. The van der Waals surface area contributed by atoms with E-state index in [9.17, 15) is 4.79 Å². The zero-order valence-corrected chi connectivity index (χ0v) is 11.1. The maximum absolute atomic E-state index is 11.8. The molecule has 1 aromatic carbocycles. The molecule has 17 heavy (non-hydrogen) atoms. The van der Waals surface area contributed by atoms with Crippen molar-refractivity contribution >= 4 is 11.6 Å². The van der Waals surface area contributed by atoms with E-state index >= 15 is 0 Å². The predicted octanol–water partition coefficient (Wildman–Crippen LogP) is 2.83. The Labute approximate surface area is 103 Å². The minimum atomic E-state index is 0.00344. The Balaban J connectivity index is 2.77. The van der Waals surface area contributed by atoms with Gasteiger partial charge in [-0.2, -0.15) is 0 Å². The van der Waals surface area contributed by atoms with E-state index in [-0.39, 0.29) is 11.3 Å². The zero-order chi connectivity index (χ0) is 13.1. The lowest BCUT2D eigenvalue weighted by atomic mass is 9.92. The van der Waals surface area contributed by atoms with E-state index in [2.05, 4.69) is 26.1 Å². The van der Waals surface area contributed by atoms with Crippen LogP contribution in [0.25, 0.3) is 0 Å². The minimum Gasteiger partial charge on any atom is -0.326 e. The van der Waals surface area contributed by atoms with Crippen molar-refractivity contribution in [3.05, 3.63) is 29.3 Å². The largest absolute Gasteiger partial charge is 0.326 e. The number of benzene rings is 1. The van der Waals surface area contributed by atoms with Gasteiger partial charge >= 0.3 is 0 Å². The Hall–Kier alpha value is -1.35. The van der Waals surface area contributed by atoms with Crippen LogP contribution < -0.4 is 11.1 Å². The van der Waals surface area contributed by atoms with E-state index in [1.165, 1.54) is 0 Å². The summed E-state index contributed by atoms with van der Waals surface area (Å²) < 4.78 is 0. The number of hydrogen-bond acceptors (Lipinski definition) is 2. The Bertz CT molecular complexity index is 405. The molecule has 94 valence electrons. The molecule has 0 saturated carbocycles. The van der Waals surface area contributed by atoms with Gasteiger partial charge in [-0.3, -0.25) is 4.79 Å². The number of carbonyl (C=O) groups is 1. The lowest BCUT2D eigenvalue weighted by Gasteiger charge is -2.18. The van der Waals surface area contributed by atoms with Gasteiger partial charge < -0.3 is 11.1 Å². The Morgan fingerprint density at radius 2 is 2.00 bits per heavy atom. The van der Waals surface area contributed by atoms with E-state index in [1.807, 2.05) is 25.1 Å². The molecule has 0 spiro atoms. The van der Waals surface area contributed by atoms with E-state index in [0.29, 0.717) is 13.0 Å². The molecule has 3 nitrogen and oxygen atoms in total. The Morgan fingerprint density at radius 1 is 1.35 bits per heavy atom. The molecule has 0 aromatic heterocycles. The number of nitrogens with one attached hydrogen (secondary N) is 1. The average Bonchev–Trinajstić information content (AvgIpc) is 2.18. The molecule has 1 aromatic rings. The van der Waals surface area contributed by atoms with E-state index in [1.54, 1.807) is 0 Å². The first-order chi connectivity index (χ1) is 7.81. The van der Waals surface area contributed by atoms with Crippen molar-refractivity contribution in [2.45, 2.75) is 40.7 Å². The van der Waals surface area contributed by atoms with Crippen molar-refractivity contribution in [3.8, 4) is 0 Å². The third-order valence-electron chi connectivity index (χ3n) is 2.50. The van der Waals surface area contributed by atoms with E-state index in [4.69, 9.17) is 5.73 Å². The lowest BCUT2D eigenvalue weighted by molar-refractivity contribution is -0.117. The molecule has 0 unspecified atom stereocenters. The van der Waals surface area contributed by atoms with Crippen LogP contribution in [0, 0.1) is 12.3 Å². The SMILES string of the molecule is Cc1ccc(CN)cc1NC(=O)CC(C)(C)C. The highest BCUT2D eigenvalue weighted by Gasteiger charge is 2.16. The highest BCUT2D eigenvalue weighted by Crippen LogP contribution is 2.21. The molecule has 0 bridgehead atoms. The molecule has 0 aliphatic rings. The van der Waals surface area contributed by atoms with Crippen molar-refractivity contribution in [1.82, 2.24) is 0 Å². The third kappa shape index (κ3) is 4.57. The van der Waals surface area contributed by atoms with Crippen LogP contribution in [0.15, 0.2) is 18.2 Å². The summed E-state index contributed by atoms with van der Waals surface area (Å²) in [5, 5.41) is 2.95. The van der Waals surface area contributed by atoms with Crippen LogP contribution in [0.3, 0.4) is 0 Å². The van der Waals surface area contributed by atoms with Crippen LogP contribution in [0.2, 0.25) is 0 Å². The third-order valence-corrected chi connectivity index (χ3v) is 2.50. The standard InChI is InChI=1S/C14H22N2O/c1-10-5-6-11(9-15)7-12(10)16-13(17)8-14(2,3)4/h5-7H,8-9,15H2,1-4H3,(H,16,17). The number of hydrogen-bond donors (Lipinski definition) is 2. The zero-order valence-electron chi connectivity index (χ0n) is 11.1. The van der Waals surface area contributed by atoms with Crippen molar-refractivity contribution in [3.63, 3.8) is 0 Å². The maximum atomic E-state index is 11.8. The molecule has 3 N–H and O–H groups in total. The molecular formula is C14H22N2O. The van der Waals surface area contributed by atoms with Crippen LogP contribution in [0.1, 0.15) is 38.3 Å². The van der Waals surface area contributed by atoms with Gasteiger partial charge in [-0.05, 0) is 29.5 Å². The molecule has 0 fully saturated rings. The molecule has 0 radical (unpaired) electrons. The molecule has 0 aliphatic carbocycles.